The summed E-state index contributed by atoms with van der Waals surface area (Å²) in [5.41, 5.74) is 1.34. The van der Waals surface area contributed by atoms with E-state index in [0.29, 0.717) is 18.5 Å². The smallest absolute Gasteiger partial charge is 0.165 e. The number of hydrogen-bond acceptors (Lipinski definition) is 4. The highest BCUT2D eigenvalue weighted by molar-refractivity contribution is 5.20. The Balaban J connectivity index is 1.95. The van der Waals surface area contributed by atoms with Crippen LogP contribution in [0.1, 0.15) is 51.0 Å². The molecule has 0 saturated heterocycles. The van der Waals surface area contributed by atoms with E-state index in [9.17, 15) is 0 Å². The molecule has 0 spiro atoms. The fourth-order valence-electron chi connectivity index (χ4n) is 2.20. The second-order valence-corrected chi connectivity index (χ2v) is 5.50. The van der Waals surface area contributed by atoms with Gasteiger partial charge in [-0.1, -0.05) is 37.3 Å². The molecular formula is C15H23N5. The molecule has 0 amide bonds. The highest BCUT2D eigenvalue weighted by Gasteiger charge is 2.15. The quantitative estimate of drug-likeness (QED) is 0.878. The molecule has 1 aromatic carbocycles. The van der Waals surface area contributed by atoms with Gasteiger partial charge in [-0.2, -0.15) is 0 Å². The normalized spacial score (nSPS) is 14.4. The molecule has 5 nitrogen and oxygen atoms in total. The van der Waals surface area contributed by atoms with Gasteiger partial charge in [0, 0.05) is 6.04 Å². The molecule has 0 unspecified atom stereocenters. The first-order valence-corrected chi connectivity index (χ1v) is 7.14. The van der Waals surface area contributed by atoms with Gasteiger partial charge in [0.15, 0.2) is 5.82 Å². The Labute approximate surface area is 120 Å². The van der Waals surface area contributed by atoms with Crippen LogP contribution in [0, 0.1) is 0 Å². The number of benzene rings is 1. The fraction of sp³-hybridized carbons (Fsp3) is 0.533. The third-order valence-corrected chi connectivity index (χ3v) is 3.71. The van der Waals surface area contributed by atoms with Crippen molar-refractivity contribution in [2.45, 2.75) is 52.2 Å². The van der Waals surface area contributed by atoms with Crippen molar-refractivity contribution in [3.05, 3.63) is 41.7 Å². The molecule has 2 aromatic rings. The topological polar surface area (TPSA) is 55.6 Å². The van der Waals surface area contributed by atoms with E-state index in [0.717, 1.165) is 5.82 Å². The van der Waals surface area contributed by atoms with Crippen molar-refractivity contribution in [3.63, 3.8) is 0 Å². The van der Waals surface area contributed by atoms with Crippen LogP contribution in [0.4, 0.5) is 0 Å². The molecule has 2 rings (SSSR count). The molecular weight excluding hydrogens is 250 g/mol. The maximum absolute atomic E-state index is 4.08. The van der Waals surface area contributed by atoms with Gasteiger partial charge in [-0.15, -0.1) is 5.10 Å². The van der Waals surface area contributed by atoms with Crippen LogP contribution < -0.4 is 5.32 Å². The van der Waals surface area contributed by atoms with E-state index in [-0.39, 0.29) is 6.04 Å². The predicted molar refractivity (Wildman–Crippen MR) is 79.4 cm³/mol. The van der Waals surface area contributed by atoms with Gasteiger partial charge in [0.2, 0.25) is 0 Å². The van der Waals surface area contributed by atoms with Crippen LogP contribution in [0.3, 0.4) is 0 Å². The first-order chi connectivity index (χ1) is 9.59. The zero-order chi connectivity index (χ0) is 14.5. The van der Waals surface area contributed by atoms with Crippen LogP contribution in [-0.2, 0) is 6.54 Å². The van der Waals surface area contributed by atoms with Crippen LogP contribution in [0.15, 0.2) is 30.3 Å². The lowest BCUT2D eigenvalue weighted by Gasteiger charge is -2.21. The zero-order valence-corrected chi connectivity index (χ0v) is 12.6. The molecule has 0 aliphatic carbocycles. The number of nitrogens with zero attached hydrogens (tertiary/aromatic N) is 4. The summed E-state index contributed by atoms with van der Waals surface area (Å²) in [4.78, 5) is 0. The lowest BCUT2D eigenvalue weighted by Crippen LogP contribution is -2.31. The van der Waals surface area contributed by atoms with E-state index in [1.807, 2.05) is 10.7 Å². The Morgan fingerprint density at radius 3 is 2.45 bits per heavy atom. The van der Waals surface area contributed by atoms with Crippen molar-refractivity contribution in [1.82, 2.24) is 25.5 Å². The van der Waals surface area contributed by atoms with E-state index in [1.165, 1.54) is 5.56 Å². The number of tetrazole rings is 1. The molecule has 1 heterocycles. The van der Waals surface area contributed by atoms with E-state index in [4.69, 9.17) is 0 Å². The molecule has 0 saturated carbocycles. The van der Waals surface area contributed by atoms with E-state index in [1.54, 1.807) is 0 Å². The summed E-state index contributed by atoms with van der Waals surface area (Å²) < 4.78 is 1.85. The van der Waals surface area contributed by atoms with Gasteiger partial charge >= 0.3 is 0 Å². The van der Waals surface area contributed by atoms with Crippen LogP contribution in [0.5, 0.6) is 0 Å². The molecule has 1 N–H and O–H groups in total. The van der Waals surface area contributed by atoms with Crippen molar-refractivity contribution in [1.29, 1.82) is 0 Å². The molecule has 1 aromatic heterocycles. The van der Waals surface area contributed by atoms with Crippen molar-refractivity contribution in [2.75, 3.05) is 0 Å². The van der Waals surface area contributed by atoms with Crippen molar-refractivity contribution < 1.29 is 0 Å². The molecule has 5 heteroatoms. The van der Waals surface area contributed by atoms with Gasteiger partial charge in [0.1, 0.15) is 0 Å². The zero-order valence-electron chi connectivity index (χ0n) is 12.6. The molecule has 0 aliphatic heterocycles. The highest BCUT2D eigenvalue weighted by atomic mass is 15.5. The minimum atomic E-state index is 0.281. The van der Waals surface area contributed by atoms with Crippen LogP contribution in [0.25, 0.3) is 0 Å². The molecule has 2 atom stereocenters. The van der Waals surface area contributed by atoms with Gasteiger partial charge in [-0.05, 0) is 42.7 Å². The van der Waals surface area contributed by atoms with Gasteiger partial charge in [0.25, 0.3) is 0 Å². The number of nitrogens with one attached hydrogen (secondary N) is 1. The number of hydrogen-bond donors (Lipinski definition) is 1. The molecule has 0 radical (unpaired) electrons. The average Bonchev–Trinajstić information content (AvgIpc) is 2.93. The second kappa shape index (κ2) is 6.61. The van der Waals surface area contributed by atoms with Crippen LogP contribution >= 0.6 is 0 Å². The van der Waals surface area contributed by atoms with E-state index >= 15 is 0 Å². The lowest BCUT2D eigenvalue weighted by atomic mass is 9.94. The average molecular weight is 273 g/mol. The lowest BCUT2D eigenvalue weighted by molar-refractivity contribution is 0.440. The number of rotatable bonds is 6. The van der Waals surface area contributed by atoms with Gasteiger partial charge in [0.05, 0.1) is 12.6 Å². The highest BCUT2D eigenvalue weighted by Crippen LogP contribution is 2.18. The summed E-state index contributed by atoms with van der Waals surface area (Å²) >= 11 is 0. The van der Waals surface area contributed by atoms with Crippen LogP contribution in [0.2, 0.25) is 0 Å². The summed E-state index contributed by atoms with van der Waals surface area (Å²) in [6, 6.07) is 11.2. The number of aromatic nitrogens is 4. The SMILES string of the molecule is CC(C)n1nnnc1CN[C@H](C)[C@@H](C)c1ccccc1. The van der Waals surface area contributed by atoms with Crippen molar-refractivity contribution >= 4 is 0 Å². The summed E-state index contributed by atoms with van der Waals surface area (Å²) in [6.45, 7) is 9.27. The van der Waals surface area contributed by atoms with Crippen molar-refractivity contribution in [2.24, 2.45) is 0 Å². The van der Waals surface area contributed by atoms with E-state index in [2.05, 4.69) is 72.8 Å². The maximum Gasteiger partial charge on any atom is 0.165 e. The molecule has 20 heavy (non-hydrogen) atoms. The first kappa shape index (κ1) is 14.7. The monoisotopic (exact) mass is 273 g/mol. The fourth-order valence-corrected chi connectivity index (χ4v) is 2.20. The van der Waals surface area contributed by atoms with Gasteiger partial charge in [-0.3, -0.25) is 0 Å². The standard InChI is InChI=1S/C15H23N5/c1-11(2)20-15(17-18-19-20)10-16-13(4)12(3)14-8-6-5-7-9-14/h5-9,11-13,16H,10H2,1-4H3/t12-,13-/m1/s1. The van der Waals surface area contributed by atoms with Crippen LogP contribution in [-0.4, -0.2) is 26.2 Å². The van der Waals surface area contributed by atoms with Gasteiger partial charge in [-0.25, -0.2) is 4.68 Å². The molecule has 108 valence electrons. The maximum atomic E-state index is 4.08. The summed E-state index contributed by atoms with van der Waals surface area (Å²) in [6.07, 6.45) is 0. The minimum absolute atomic E-state index is 0.281. The molecule has 0 bridgehead atoms. The summed E-state index contributed by atoms with van der Waals surface area (Å²) in [5, 5.41) is 15.4. The van der Waals surface area contributed by atoms with Crippen molar-refractivity contribution in [3.8, 4) is 0 Å². The molecule has 0 fully saturated rings. The first-order valence-electron chi connectivity index (χ1n) is 7.14. The predicted octanol–water partition coefficient (Wildman–Crippen LogP) is 2.54. The third kappa shape index (κ3) is 3.42. The second-order valence-electron chi connectivity index (χ2n) is 5.50. The Bertz CT molecular complexity index is 520. The van der Waals surface area contributed by atoms with E-state index < -0.39 is 0 Å². The Morgan fingerprint density at radius 1 is 1.10 bits per heavy atom. The Morgan fingerprint density at radius 2 is 1.80 bits per heavy atom. The third-order valence-electron chi connectivity index (χ3n) is 3.71. The molecule has 0 aliphatic rings. The summed E-state index contributed by atoms with van der Waals surface area (Å²) in [5.74, 6) is 1.33. The minimum Gasteiger partial charge on any atom is -0.307 e. The Hall–Kier alpha value is -1.75. The summed E-state index contributed by atoms with van der Waals surface area (Å²) in [7, 11) is 0. The Kier molecular flexibility index (Phi) is 4.84. The van der Waals surface area contributed by atoms with Gasteiger partial charge < -0.3 is 5.32 Å². The largest absolute Gasteiger partial charge is 0.307 e.